The van der Waals surface area contributed by atoms with Crippen molar-refractivity contribution in [3.05, 3.63) is 35.4 Å². The van der Waals surface area contributed by atoms with Crippen LogP contribution in [0.3, 0.4) is 0 Å². The summed E-state index contributed by atoms with van der Waals surface area (Å²) in [4.78, 5) is 37.5. The first-order valence-electron chi connectivity index (χ1n) is 9.54. The molecule has 0 bridgehead atoms. The number of benzene rings is 1. The Morgan fingerprint density at radius 3 is 2.39 bits per heavy atom. The van der Waals surface area contributed by atoms with Crippen LogP contribution in [0.2, 0.25) is 0 Å². The molecule has 1 heterocycles. The summed E-state index contributed by atoms with van der Waals surface area (Å²) in [6, 6.07) is 8.18. The third kappa shape index (κ3) is 4.80. The van der Waals surface area contributed by atoms with E-state index in [0.29, 0.717) is 50.8 Å². The summed E-state index contributed by atoms with van der Waals surface area (Å²) >= 11 is 0. The van der Waals surface area contributed by atoms with Gasteiger partial charge < -0.3 is 20.6 Å². The Morgan fingerprint density at radius 1 is 1.11 bits per heavy atom. The van der Waals surface area contributed by atoms with E-state index in [1.807, 2.05) is 12.1 Å². The molecule has 3 rings (SSSR count). The van der Waals surface area contributed by atoms with Crippen molar-refractivity contribution < 1.29 is 19.5 Å². The van der Waals surface area contributed by atoms with Gasteiger partial charge in [-0.05, 0) is 49.8 Å². The molecule has 1 saturated heterocycles. The molecule has 1 unspecified atom stereocenters. The quantitative estimate of drug-likeness (QED) is 0.712. The zero-order valence-electron chi connectivity index (χ0n) is 15.6. The standard InChI is InChI=1S/C20H24N4O4/c21-11-13-1-3-14(4-2-13)12-24-10-9-17(18(24)25)23-20(28)22-16-7-5-15(6-8-16)19(26)27/h1-4,15-17H,5-10,12H2,(H,26,27)(H2,22,23,28). The van der Waals surface area contributed by atoms with E-state index in [1.165, 1.54) is 0 Å². The third-order valence-corrected chi connectivity index (χ3v) is 5.47. The average Bonchev–Trinajstić information content (AvgIpc) is 3.02. The van der Waals surface area contributed by atoms with Gasteiger partial charge >= 0.3 is 12.0 Å². The zero-order chi connectivity index (χ0) is 20.1. The Kier molecular flexibility index (Phi) is 6.14. The number of hydrogen-bond acceptors (Lipinski definition) is 4. The Labute approximate surface area is 163 Å². The van der Waals surface area contributed by atoms with Crippen molar-refractivity contribution in [2.45, 2.75) is 50.7 Å². The van der Waals surface area contributed by atoms with Crippen LogP contribution >= 0.6 is 0 Å². The monoisotopic (exact) mass is 384 g/mol. The molecule has 8 heteroatoms. The van der Waals surface area contributed by atoms with Gasteiger partial charge in [0.1, 0.15) is 6.04 Å². The van der Waals surface area contributed by atoms with Crippen molar-refractivity contribution >= 4 is 17.9 Å². The first-order chi connectivity index (χ1) is 13.5. The molecule has 2 fully saturated rings. The Bertz CT molecular complexity index is 778. The maximum atomic E-state index is 12.5. The molecule has 1 aromatic carbocycles. The molecule has 1 saturated carbocycles. The van der Waals surface area contributed by atoms with Crippen LogP contribution in [0.5, 0.6) is 0 Å². The van der Waals surface area contributed by atoms with Gasteiger partial charge in [0.15, 0.2) is 0 Å². The normalized spacial score (nSPS) is 24.5. The Balaban J connectivity index is 1.45. The molecule has 3 amide bonds. The van der Waals surface area contributed by atoms with Crippen LogP contribution in [-0.4, -0.2) is 46.5 Å². The third-order valence-electron chi connectivity index (χ3n) is 5.47. The number of amides is 3. The summed E-state index contributed by atoms with van der Waals surface area (Å²) in [7, 11) is 0. The van der Waals surface area contributed by atoms with Crippen molar-refractivity contribution in [2.75, 3.05) is 6.54 Å². The molecule has 1 atom stereocenters. The van der Waals surface area contributed by atoms with E-state index in [-0.39, 0.29) is 23.9 Å². The topological polar surface area (TPSA) is 123 Å². The Hall–Kier alpha value is -3.08. The van der Waals surface area contributed by atoms with Gasteiger partial charge in [0.05, 0.1) is 17.6 Å². The van der Waals surface area contributed by atoms with E-state index in [9.17, 15) is 14.4 Å². The van der Waals surface area contributed by atoms with Gasteiger partial charge in [-0.3, -0.25) is 9.59 Å². The number of carboxylic acids is 1. The van der Waals surface area contributed by atoms with E-state index < -0.39 is 12.0 Å². The number of carbonyl (C=O) groups excluding carboxylic acids is 2. The number of nitrogens with one attached hydrogen (secondary N) is 2. The molecule has 0 spiro atoms. The fourth-order valence-electron chi connectivity index (χ4n) is 3.80. The molecule has 0 radical (unpaired) electrons. The van der Waals surface area contributed by atoms with Crippen LogP contribution in [-0.2, 0) is 16.1 Å². The molecule has 8 nitrogen and oxygen atoms in total. The Morgan fingerprint density at radius 2 is 1.79 bits per heavy atom. The maximum absolute atomic E-state index is 12.5. The largest absolute Gasteiger partial charge is 0.481 e. The highest BCUT2D eigenvalue weighted by molar-refractivity contribution is 5.88. The smallest absolute Gasteiger partial charge is 0.315 e. The van der Waals surface area contributed by atoms with Crippen molar-refractivity contribution in [1.29, 1.82) is 5.26 Å². The highest BCUT2D eigenvalue weighted by atomic mass is 16.4. The van der Waals surface area contributed by atoms with Crippen LogP contribution in [0, 0.1) is 17.2 Å². The summed E-state index contributed by atoms with van der Waals surface area (Å²) in [5, 5.41) is 23.5. The number of carbonyl (C=O) groups is 3. The maximum Gasteiger partial charge on any atom is 0.315 e. The van der Waals surface area contributed by atoms with Gasteiger partial charge in [-0.15, -0.1) is 0 Å². The molecule has 28 heavy (non-hydrogen) atoms. The SMILES string of the molecule is N#Cc1ccc(CN2CCC(NC(=O)NC3CCC(C(=O)O)CC3)C2=O)cc1. The number of urea groups is 1. The number of nitrogens with zero attached hydrogens (tertiary/aromatic N) is 2. The lowest BCUT2D eigenvalue weighted by Crippen LogP contribution is -2.49. The fraction of sp³-hybridized carbons (Fsp3) is 0.500. The highest BCUT2D eigenvalue weighted by Crippen LogP contribution is 2.24. The molecular formula is C20H24N4O4. The second-order valence-electron chi connectivity index (χ2n) is 7.41. The van der Waals surface area contributed by atoms with Crippen LogP contribution in [0.4, 0.5) is 4.79 Å². The van der Waals surface area contributed by atoms with Crippen LogP contribution < -0.4 is 10.6 Å². The second kappa shape index (κ2) is 8.74. The van der Waals surface area contributed by atoms with Gasteiger partial charge in [-0.25, -0.2) is 4.79 Å². The summed E-state index contributed by atoms with van der Waals surface area (Å²) < 4.78 is 0. The predicted molar refractivity (Wildman–Crippen MR) is 100 cm³/mol. The van der Waals surface area contributed by atoms with Crippen molar-refractivity contribution in [3.63, 3.8) is 0 Å². The number of hydrogen-bond donors (Lipinski definition) is 3. The molecule has 1 aliphatic heterocycles. The highest BCUT2D eigenvalue weighted by Gasteiger charge is 2.33. The molecule has 3 N–H and O–H groups in total. The molecule has 1 aromatic rings. The number of nitriles is 1. The van der Waals surface area contributed by atoms with Crippen LogP contribution in [0.25, 0.3) is 0 Å². The summed E-state index contributed by atoms with van der Waals surface area (Å²) in [5.74, 6) is -1.22. The van der Waals surface area contributed by atoms with Gasteiger partial charge in [-0.1, -0.05) is 12.1 Å². The molecular weight excluding hydrogens is 360 g/mol. The minimum atomic E-state index is -0.776. The van der Waals surface area contributed by atoms with Crippen molar-refractivity contribution in [3.8, 4) is 6.07 Å². The van der Waals surface area contributed by atoms with Gasteiger partial charge in [0.2, 0.25) is 5.91 Å². The first kappa shape index (κ1) is 19.7. The van der Waals surface area contributed by atoms with E-state index in [4.69, 9.17) is 10.4 Å². The summed E-state index contributed by atoms with van der Waals surface area (Å²) in [6.45, 7) is 1.01. The number of rotatable bonds is 5. The lowest BCUT2D eigenvalue weighted by atomic mass is 9.86. The number of likely N-dealkylation sites (tertiary alicyclic amines) is 1. The predicted octanol–water partition coefficient (Wildman–Crippen LogP) is 1.60. The fourth-order valence-corrected chi connectivity index (χ4v) is 3.80. The molecule has 2 aliphatic rings. The number of aliphatic carboxylic acids is 1. The van der Waals surface area contributed by atoms with Gasteiger partial charge in [-0.2, -0.15) is 5.26 Å². The second-order valence-corrected chi connectivity index (χ2v) is 7.41. The zero-order valence-corrected chi connectivity index (χ0v) is 15.6. The van der Waals surface area contributed by atoms with Crippen LogP contribution in [0.15, 0.2) is 24.3 Å². The van der Waals surface area contributed by atoms with E-state index in [2.05, 4.69) is 16.7 Å². The van der Waals surface area contributed by atoms with Crippen molar-refractivity contribution in [1.82, 2.24) is 15.5 Å². The number of carboxylic acid groups (broad SMARTS) is 1. The summed E-state index contributed by atoms with van der Waals surface area (Å²) in [5.41, 5.74) is 1.51. The van der Waals surface area contributed by atoms with Crippen molar-refractivity contribution in [2.24, 2.45) is 5.92 Å². The minimum Gasteiger partial charge on any atom is -0.481 e. The average molecular weight is 384 g/mol. The van der Waals surface area contributed by atoms with E-state index in [1.54, 1.807) is 17.0 Å². The van der Waals surface area contributed by atoms with Crippen LogP contribution in [0.1, 0.15) is 43.2 Å². The molecule has 148 valence electrons. The lowest BCUT2D eigenvalue weighted by molar-refractivity contribution is -0.142. The molecule has 1 aliphatic carbocycles. The van der Waals surface area contributed by atoms with Gasteiger partial charge in [0.25, 0.3) is 0 Å². The van der Waals surface area contributed by atoms with E-state index >= 15 is 0 Å². The molecule has 0 aromatic heterocycles. The first-order valence-corrected chi connectivity index (χ1v) is 9.54. The van der Waals surface area contributed by atoms with Gasteiger partial charge in [0, 0.05) is 19.1 Å². The van der Waals surface area contributed by atoms with E-state index in [0.717, 1.165) is 5.56 Å². The minimum absolute atomic E-state index is 0.0538. The summed E-state index contributed by atoms with van der Waals surface area (Å²) in [6.07, 6.45) is 2.93. The lowest BCUT2D eigenvalue weighted by Gasteiger charge is -2.27.